The zero-order valence-electron chi connectivity index (χ0n) is 8.03. The summed E-state index contributed by atoms with van der Waals surface area (Å²) in [6, 6.07) is 0. The Morgan fingerprint density at radius 1 is 1.36 bits per heavy atom. The summed E-state index contributed by atoms with van der Waals surface area (Å²) in [5.41, 5.74) is 0.707. The lowest BCUT2D eigenvalue weighted by Gasteiger charge is -2.19. The molecule has 0 unspecified atom stereocenters. The number of hydrogen-bond donors (Lipinski definition) is 1. The maximum Gasteiger partial charge on any atom is 0.0598 e. The topological polar surface area (TPSA) is 33.1 Å². The van der Waals surface area contributed by atoms with Crippen LogP contribution in [0.2, 0.25) is 0 Å². The molecule has 0 bridgehead atoms. The van der Waals surface area contributed by atoms with Crippen molar-refractivity contribution >= 4 is 5.71 Å². The van der Waals surface area contributed by atoms with Gasteiger partial charge in [-0.3, -0.25) is 0 Å². The highest BCUT2D eigenvalue weighted by Crippen LogP contribution is 2.07. The van der Waals surface area contributed by atoms with Gasteiger partial charge in [-0.25, -0.2) is 0 Å². The molecular weight excluding hydrogens is 138 g/mol. The van der Waals surface area contributed by atoms with E-state index in [2.05, 4.69) is 0 Å². The minimum absolute atomic E-state index is 0.0318. The van der Waals surface area contributed by atoms with E-state index < -0.39 is 0 Å². The first-order chi connectivity index (χ1) is 4.92. The van der Waals surface area contributed by atoms with Gasteiger partial charge in [-0.2, -0.15) is 0 Å². The standard InChI is InChI=1S/C9H19NO/c1-8(10)6-5-7-11-9(2,3)4/h10H,5-7H2,1-4H3. The monoisotopic (exact) mass is 157 g/mol. The second-order valence-electron chi connectivity index (χ2n) is 3.84. The summed E-state index contributed by atoms with van der Waals surface area (Å²) in [5.74, 6) is 0. The van der Waals surface area contributed by atoms with Crippen LogP contribution in [0.15, 0.2) is 0 Å². The fourth-order valence-corrected chi connectivity index (χ4v) is 0.716. The van der Waals surface area contributed by atoms with Gasteiger partial charge in [0.05, 0.1) is 5.60 Å². The molecule has 11 heavy (non-hydrogen) atoms. The molecule has 0 saturated heterocycles. The fraction of sp³-hybridized carbons (Fsp3) is 0.889. The summed E-state index contributed by atoms with van der Waals surface area (Å²) in [4.78, 5) is 0. The van der Waals surface area contributed by atoms with Crippen molar-refractivity contribution < 1.29 is 4.74 Å². The molecule has 0 aliphatic heterocycles. The van der Waals surface area contributed by atoms with E-state index in [1.807, 2.05) is 27.7 Å². The van der Waals surface area contributed by atoms with Gasteiger partial charge in [-0.1, -0.05) is 0 Å². The molecule has 2 heteroatoms. The van der Waals surface area contributed by atoms with Crippen molar-refractivity contribution in [2.75, 3.05) is 6.61 Å². The van der Waals surface area contributed by atoms with Crippen LogP contribution in [-0.2, 0) is 4.74 Å². The maximum absolute atomic E-state index is 7.17. The Kier molecular flexibility index (Phi) is 4.34. The molecule has 0 amide bonds. The normalized spacial score (nSPS) is 11.6. The van der Waals surface area contributed by atoms with Crippen molar-refractivity contribution in [1.82, 2.24) is 0 Å². The van der Waals surface area contributed by atoms with Crippen LogP contribution in [0, 0.1) is 5.41 Å². The van der Waals surface area contributed by atoms with Gasteiger partial charge in [-0.15, -0.1) is 0 Å². The van der Waals surface area contributed by atoms with Crippen LogP contribution in [0.3, 0.4) is 0 Å². The zero-order chi connectivity index (χ0) is 8.91. The lowest BCUT2D eigenvalue weighted by atomic mass is 10.2. The number of nitrogens with one attached hydrogen (secondary N) is 1. The average Bonchev–Trinajstić information content (AvgIpc) is 1.78. The third kappa shape index (κ3) is 9.63. The molecule has 0 aromatic rings. The molecule has 0 rings (SSSR count). The van der Waals surface area contributed by atoms with Crippen molar-refractivity contribution in [3.05, 3.63) is 0 Å². The van der Waals surface area contributed by atoms with Gasteiger partial charge in [0.25, 0.3) is 0 Å². The van der Waals surface area contributed by atoms with E-state index in [1.54, 1.807) is 0 Å². The second kappa shape index (κ2) is 4.50. The van der Waals surface area contributed by atoms with Gasteiger partial charge in [0.1, 0.15) is 0 Å². The van der Waals surface area contributed by atoms with E-state index in [-0.39, 0.29) is 5.60 Å². The van der Waals surface area contributed by atoms with E-state index in [0.717, 1.165) is 25.2 Å². The van der Waals surface area contributed by atoms with E-state index in [4.69, 9.17) is 10.1 Å². The predicted octanol–water partition coefficient (Wildman–Crippen LogP) is 2.62. The molecule has 0 heterocycles. The first-order valence-corrected chi connectivity index (χ1v) is 4.10. The van der Waals surface area contributed by atoms with Crippen LogP contribution >= 0.6 is 0 Å². The van der Waals surface area contributed by atoms with Gasteiger partial charge in [-0.05, 0) is 40.5 Å². The van der Waals surface area contributed by atoms with Gasteiger partial charge in [0, 0.05) is 12.3 Å². The lowest BCUT2D eigenvalue weighted by molar-refractivity contribution is -0.00332. The van der Waals surface area contributed by atoms with E-state index in [9.17, 15) is 0 Å². The van der Waals surface area contributed by atoms with Crippen molar-refractivity contribution in [3.63, 3.8) is 0 Å². The Bertz CT molecular complexity index is 124. The molecule has 1 N–H and O–H groups in total. The van der Waals surface area contributed by atoms with Gasteiger partial charge >= 0.3 is 0 Å². The third-order valence-corrected chi connectivity index (χ3v) is 1.23. The number of rotatable bonds is 4. The predicted molar refractivity (Wildman–Crippen MR) is 48.3 cm³/mol. The van der Waals surface area contributed by atoms with Crippen LogP contribution in [-0.4, -0.2) is 17.9 Å². The third-order valence-electron chi connectivity index (χ3n) is 1.23. The average molecular weight is 157 g/mol. The Morgan fingerprint density at radius 2 is 1.91 bits per heavy atom. The van der Waals surface area contributed by atoms with Crippen molar-refractivity contribution in [1.29, 1.82) is 5.41 Å². The molecule has 0 saturated carbocycles. The molecule has 0 atom stereocenters. The summed E-state index contributed by atoms with van der Waals surface area (Å²) in [6.45, 7) is 8.73. The smallest absolute Gasteiger partial charge is 0.0598 e. The Hall–Kier alpha value is -0.370. The second-order valence-corrected chi connectivity index (χ2v) is 3.84. The molecule has 2 nitrogen and oxygen atoms in total. The van der Waals surface area contributed by atoms with E-state index in [1.165, 1.54) is 0 Å². The van der Waals surface area contributed by atoms with Crippen LogP contribution < -0.4 is 0 Å². The summed E-state index contributed by atoms with van der Waals surface area (Å²) >= 11 is 0. The number of ether oxygens (including phenoxy) is 1. The molecule has 0 fully saturated rings. The van der Waals surface area contributed by atoms with Crippen molar-refractivity contribution in [3.8, 4) is 0 Å². The zero-order valence-corrected chi connectivity index (χ0v) is 8.03. The molecule has 0 spiro atoms. The molecule has 0 radical (unpaired) electrons. The quantitative estimate of drug-likeness (QED) is 0.494. The van der Waals surface area contributed by atoms with E-state index in [0.29, 0.717) is 0 Å². The van der Waals surface area contributed by atoms with Crippen molar-refractivity contribution in [2.24, 2.45) is 0 Å². The highest BCUT2D eigenvalue weighted by molar-refractivity contribution is 5.78. The summed E-state index contributed by atoms with van der Waals surface area (Å²) in [7, 11) is 0. The van der Waals surface area contributed by atoms with Crippen molar-refractivity contribution in [2.45, 2.75) is 46.1 Å². The van der Waals surface area contributed by atoms with Crippen LogP contribution in [0.4, 0.5) is 0 Å². The lowest BCUT2D eigenvalue weighted by Crippen LogP contribution is -2.19. The Balaban J connectivity index is 3.22. The summed E-state index contributed by atoms with van der Waals surface area (Å²) in [6.07, 6.45) is 1.82. The van der Waals surface area contributed by atoms with Crippen LogP contribution in [0.25, 0.3) is 0 Å². The number of hydrogen-bond acceptors (Lipinski definition) is 2. The van der Waals surface area contributed by atoms with Gasteiger partial charge < -0.3 is 10.1 Å². The minimum atomic E-state index is -0.0318. The van der Waals surface area contributed by atoms with Gasteiger partial charge in [0.2, 0.25) is 0 Å². The Morgan fingerprint density at radius 3 is 2.27 bits per heavy atom. The highest BCUT2D eigenvalue weighted by atomic mass is 16.5. The van der Waals surface area contributed by atoms with Crippen LogP contribution in [0.5, 0.6) is 0 Å². The molecular formula is C9H19NO. The first-order valence-electron chi connectivity index (χ1n) is 4.10. The molecule has 66 valence electrons. The molecule has 0 aromatic carbocycles. The SMILES string of the molecule is CC(=N)CCCOC(C)(C)C. The molecule has 0 aliphatic rings. The van der Waals surface area contributed by atoms with Gasteiger partial charge in [0.15, 0.2) is 0 Å². The summed E-state index contributed by atoms with van der Waals surface area (Å²) in [5, 5.41) is 7.17. The van der Waals surface area contributed by atoms with Crippen LogP contribution in [0.1, 0.15) is 40.5 Å². The fourth-order valence-electron chi connectivity index (χ4n) is 0.716. The Labute approximate surface area is 69.5 Å². The summed E-state index contributed by atoms with van der Waals surface area (Å²) < 4.78 is 5.48. The highest BCUT2D eigenvalue weighted by Gasteiger charge is 2.08. The largest absolute Gasteiger partial charge is 0.376 e. The first kappa shape index (κ1) is 10.6. The molecule has 0 aliphatic carbocycles. The minimum Gasteiger partial charge on any atom is -0.376 e. The molecule has 0 aromatic heterocycles. The maximum atomic E-state index is 7.17. The van der Waals surface area contributed by atoms with E-state index >= 15 is 0 Å².